The van der Waals surface area contributed by atoms with Gasteiger partial charge in [0.1, 0.15) is 28.5 Å². The summed E-state index contributed by atoms with van der Waals surface area (Å²) in [6.07, 6.45) is 4.35. The second-order valence-corrected chi connectivity index (χ2v) is 9.46. The van der Waals surface area contributed by atoms with Crippen molar-refractivity contribution >= 4 is 35.0 Å². The smallest absolute Gasteiger partial charge is 0.415 e. The van der Waals surface area contributed by atoms with Crippen LogP contribution in [0.15, 0.2) is 30.6 Å². The fourth-order valence-corrected chi connectivity index (χ4v) is 3.60. The van der Waals surface area contributed by atoms with Crippen LogP contribution in [-0.2, 0) is 4.74 Å². The maximum absolute atomic E-state index is 13.2. The largest absolute Gasteiger partial charge is 0.480 e. The van der Waals surface area contributed by atoms with Gasteiger partial charge in [-0.05, 0) is 52.2 Å². The van der Waals surface area contributed by atoms with Crippen LogP contribution in [0.5, 0.6) is 5.88 Å². The van der Waals surface area contributed by atoms with Crippen molar-refractivity contribution in [3.63, 3.8) is 0 Å². The number of carbonyl (C=O) groups is 2. The van der Waals surface area contributed by atoms with Gasteiger partial charge >= 0.3 is 6.09 Å². The summed E-state index contributed by atoms with van der Waals surface area (Å²) in [5.41, 5.74) is 0.324. The first kappa shape index (κ1) is 27.7. The monoisotopic (exact) mass is 513 g/mol. The number of ether oxygens (including phenoxy) is 2. The zero-order valence-corrected chi connectivity index (χ0v) is 22.1. The summed E-state index contributed by atoms with van der Waals surface area (Å²) in [6, 6.07) is 5.02. The number of aliphatic hydroxyl groups excluding tert-OH is 1. The molecule has 0 spiro atoms. The van der Waals surface area contributed by atoms with Gasteiger partial charge in [-0.25, -0.2) is 14.8 Å². The van der Waals surface area contributed by atoms with E-state index in [0.717, 1.165) is 0 Å². The lowest BCUT2D eigenvalue weighted by atomic mass is 10.1. The molecule has 0 radical (unpaired) electrons. The molecule has 12 nitrogen and oxygen atoms in total. The number of amides is 2. The van der Waals surface area contributed by atoms with Crippen molar-refractivity contribution in [2.45, 2.75) is 58.6 Å². The molecule has 3 N–H and O–H groups in total. The summed E-state index contributed by atoms with van der Waals surface area (Å²) in [7, 11) is 3.06. The fraction of sp³-hybridized carbons (Fsp3) is 0.480. The molecule has 200 valence electrons. The fourth-order valence-electron chi connectivity index (χ4n) is 3.60. The Bertz CT molecular complexity index is 1240. The molecule has 12 heteroatoms. The summed E-state index contributed by atoms with van der Waals surface area (Å²) in [6.45, 7) is 7.35. The summed E-state index contributed by atoms with van der Waals surface area (Å²) in [4.78, 5) is 36.2. The van der Waals surface area contributed by atoms with Crippen LogP contribution >= 0.6 is 0 Å². The lowest BCUT2D eigenvalue weighted by Crippen LogP contribution is -2.35. The minimum Gasteiger partial charge on any atom is -0.480 e. The zero-order chi connectivity index (χ0) is 27.2. The third-order valence-corrected chi connectivity index (χ3v) is 5.47. The number of methoxy groups -OCH3 is 1. The number of rotatable bonds is 10. The molecule has 3 aromatic rings. The maximum atomic E-state index is 13.2. The topological polar surface area (TPSA) is 143 Å². The molecule has 0 saturated carbocycles. The van der Waals surface area contributed by atoms with Gasteiger partial charge in [0, 0.05) is 32.0 Å². The maximum Gasteiger partial charge on any atom is 0.415 e. The first-order valence-electron chi connectivity index (χ1n) is 12.1. The van der Waals surface area contributed by atoms with Crippen LogP contribution in [0.1, 0.15) is 57.3 Å². The molecule has 0 aliphatic heterocycles. The van der Waals surface area contributed by atoms with Crippen LogP contribution in [0.3, 0.4) is 0 Å². The zero-order valence-electron chi connectivity index (χ0n) is 22.1. The van der Waals surface area contributed by atoms with E-state index in [9.17, 15) is 9.59 Å². The minimum atomic E-state index is -0.708. The molecule has 3 rings (SSSR count). The van der Waals surface area contributed by atoms with Crippen molar-refractivity contribution in [1.82, 2.24) is 24.9 Å². The Morgan fingerprint density at radius 1 is 1.30 bits per heavy atom. The summed E-state index contributed by atoms with van der Waals surface area (Å²) < 4.78 is 12.3. The Kier molecular flexibility index (Phi) is 8.87. The molecule has 1 atom stereocenters. The quantitative estimate of drug-likeness (QED) is 0.371. The third kappa shape index (κ3) is 6.85. The Morgan fingerprint density at radius 3 is 2.70 bits per heavy atom. The number of hydrogen-bond acceptors (Lipinski definition) is 9. The van der Waals surface area contributed by atoms with Crippen molar-refractivity contribution < 1.29 is 24.2 Å². The lowest BCUT2D eigenvalue weighted by molar-refractivity contribution is 0.0587. The molecule has 3 aromatic heterocycles. The van der Waals surface area contributed by atoms with Crippen molar-refractivity contribution in [2.24, 2.45) is 0 Å². The summed E-state index contributed by atoms with van der Waals surface area (Å²) in [5, 5.41) is 19.7. The number of pyridine rings is 1. The van der Waals surface area contributed by atoms with Crippen LogP contribution in [0, 0.1) is 0 Å². The average Bonchev–Trinajstić information content (AvgIpc) is 3.29. The van der Waals surface area contributed by atoms with Gasteiger partial charge in [0.05, 0.1) is 13.3 Å². The van der Waals surface area contributed by atoms with Crippen molar-refractivity contribution in [3.05, 3.63) is 36.2 Å². The first-order chi connectivity index (χ1) is 17.6. The van der Waals surface area contributed by atoms with Gasteiger partial charge in [-0.1, -0.05) is 6.92 Å². The number of anilines is 3. The second-order valence-electron chi connectivity index (χ2n) is 9.46. The molecule has 3 heterocycles. The van der Waals surface area contributed by atoms with Gasteiger partial charge in [0.15, 0.2) is 5.65 Å². The van der Waals surface area contributed by atoms with Gasteiger partial charge < -0.3 is 25.2 Å². The number of aromatic nitrogens is 4. The highest BCUT2D eigenvalue weighted by Gasteiger charge is 2.26. The van der Waals surface area contributed by atoms with Crippen molar-refractivity contribution in [1.29, 1.82) is 0 Å². The van der Waals surface area contributed by atoms with Crippen molar-refractivity contribution in [2.75, 3.05) is 31.0 Å². The van der Waals surface area contributed by atoms with Gasteiger partial charge in [0.2, 0.25) is 5.88 Å². The summed E-state index contributed by atoms with van der Waals surface area (Å²) >= 11 is 0. The van der Waals surface area contributed by atoms with E-state index >= 15 is 0 Å². The molecule has 0 aliphatic carbocycles. The molecule has 2 amide bonds. The third-order valence-electron chi connectivity index (χ3n) is 5.47. The van der Waals surface area contributed by atoms with E-state index < -0.39 is 11.7 Å². The Balaban J connectivity index is 2.07. The highest BCUT2D eigenvalue weighted by Crippen LogP contribution is 2.28. The molecule has 0 saturated heterocycles. The molecular weight excluding hydrogens is 478 g/mol. The molecule has 0 fully saturated rings. The van der Waals surface area contributed by atoms with E-state index in [1.807, 2.05) is 6.92 Å². The molecular formula is C25H35N7O5. The number of fused-ring (bicyclic) bond motifs is 1. The first-order valence-corrected chi connectivity index (χ1v) is 12.1. The minimum absolute atomic E-state index is 0.0534. The Morgan fingerprint density at radius 2 is 2.05 bits per heavy atom. The number of nitrogens with zero attached hydrogens (tertiary/aromatic N) is 5. The van der Waals surface area contributed by atoms with Crippen molar-refractivity contribution in [3.8, 4) is 5.88 Å². The highest BCUT2D eigenvalue weighted by molar-refractivity contribution is 6.00. The van der Waals surface area contributed by atoms with Crippen LogP contribution in [0.2, 0.25) is 0 Å². The van der Waals surface area contributed by atoms with E-state index in [1.54, 1.807) is 52.2 Å². The van der Waals surface area contributed by atoms with Crippen LogP contribution in [0.25, 0.3) is 5.65 Å². The predicted molar refractivity (Wildman–Crippen MR) is 140 cm³/mol. The number of nitrogens with one attached hydrogen (secondary N) is 2. The molecule has 0 aromatic carbocycles. The van der Waals surface area contributed by atoms with E-state index in [2.05, 4.69) is 25.7 Å². The van der Waals surface area contributed by atoms with E-state index in [0.29, 0.717) is 42.5 Å². The normalized spacial score (nSPS) is 12.2. The standard InChI is InChI=1S/C25H35N7O5/c1-7-16(10-9-13-33)28-22(34)17-15-27-32-20(31(5)24(35)37-25(2,3)4)14-19(30-21(17)32)29-18-11-8-12-26-23(18)36-6/h8,11-12,14-16,33H,7,9-10,13H2,1-6H3,(H,28,34)(H,29,30). The van der Waals surface area contributed by atoms with Crippen LogP contribution in [-0.4, -0.2) is 69.1 Å². The van der Waals surface area contributed by atoms with Gasteiger partial charge in [-0.2, -0.15) is 9.61 Å². The predicted octanol–water partition coefficient (Wildman–Crippen LogP) is 3.53. The summed E-state index contributed by atoms with van der Waals surface area (Å²) in [5.74, 6) is 0.670. The van der Waals surface area contributed by atoms with E-state index in [1.165, 1.54) is 22.7 Å². The SMILES string of the molecule is CCC(CCCO)NC(=O)c1cnn2c(N(C)C(=O)OC(C)(C)C)cc(Nc3cccnc3OC)nc12. The van der Waals surface area contributed by atoms with Gasteiger partial charge in [-0.3, -0.25) is 9.69 Å². The molecule has 1 unspecified atom stereocenters. The molecule has 0 bridgehead atoms. The lowest BCUT2D eigenvalue weighted by Gasteiger charge is -2.25. The highest BCUT2D eigenvalue weighted by atomic mass is 16.6. The number of aliphatic hydroxyl groups is 1. The Labute approximate surface area is 216 Å². The number of hydrogen-bond donors (Lipinski definition) is 3. The van der Waals surface area contributed by atoms with Gasteiger partial charge in [0.25, 0.3) is 5.91 Å². The number of carbonyl (C=O) groups excluding carboxylic acids is 2. The van der Waals surface area contributed by atoms with Gasteiger partial charge in [-0.15, -0.1) is 0 Å². The van der Waals surface area contributed by atoms with Crippen LogP contribution in [0.4, 0.5) is 22.1 Å². The van der Waals surface area contributed by atoms with Crippen LogP contribution < -0.4 is 20.3 Å². The molecule has 0 aliphatic rings. The van der Waals surface area contributed by atoms with E-state index in [-0.39, 0.29) is 29.8 Å². The molecule has 37 heavy (non-hydrogen) atoms. The second kappa shape index (κ2) is 11.9. The van der Waals surface area contributed by atoms with E-state index in [4.69, 9.17) is 14.6 Å². The Hall–Kier alpha value is -3.93. The average molecular weight is 514 g/mol.